The van der Waals surface area contributed by atoms with Gasteiger partial charge >= 0.3 is 6.18 Å². The van der Waals surface area contributed by atoms with Crippen molar-refractivity contribution in [3.8, 4) is 5.75 Å². The first-order chi connectivity index (χ1) is 11.3. The first-order valence-corrected chi connectivity index (χ1v) is 7.71. The van der Waals surface area contributed by atoms with Crippen LogP contribution < -0.4 is 4.74 Å². The second kappa shape index (κ2) is 7.55. The number of carbonyl (C=O) groups excluding carboxylic acids is 1. The van der Waals surface area contributed by atoms with Crippen molar-refractivity contribution >= 4 is 16.7 Å². The van der Waals surface area contributed by atoms with Crippen LogP contribution in [0.4, 0.5) is 13.2 Å². The second-order valence-electron chi connectivity index (χ2n) is 6.05. The van der Waals surface area contributed by atoms with Crippen LogP contribution >= 0.6 is 0 Å². The Labute approximate surface area is 139 Å². The standard InChI is InChI=1S/C18H20F3NO2/c1-13(2)10-22(12-18(19,20)21)17(23)11-24-16-9-5-7-14-6-3-4-8-15(14)16/h3-9,13H,10-12H2,1-2H3. The van der Waals surface area contributed by atoms with Gasteiger partial charge in [0.15, 0.2) is 6.61 Å². The smallest absolute Gasteiger partial charge is 0.406 e. The Morgan fingerprint density at radius 2 is 1.79 bits per heavy atom. The lowest BCUT2D eigenvalue weighted by molar-refractivity contribution is -0.163. The molecule has 1 amide bonds. The maximum atomic E-state index is 12.7. The van der Waals surface area contributed by atoms with Gasteiger partial charge in [-0.2, -0.15) is 13.2 Å². The largest absolute Gasteiger partial charge is 0.483 e. The van der Waals surface area contributed by atoms with Gasteiger partial charge in [-0.15, -0.1) is 0 Å². The number of ether oxygens (including phenoxy) is 1. The van der Waals surface area contributed by atoms with Gasteiger partial charge in [0.1, 0.15) is 12.3 Å². The lowest BCUT2D eigenvalue weighted by atomic mass is 10.1. The molecule has 0 spiro atoms. The van der Waals surface area contributed by atoms with E-state index in [1.165, 1.54) is 0 Å². The molecule has 0 aliphatic rings. The first kappa shape index (κ1) is 18.1. The van der Waals surface area contributed by atoms with Crippen LogP contribution in [-0.4, -0.2) is 36.7 Å². The minimum Gasteiger partial charge on any atom is -0.483 e. The van der Waals surface area contributed by atoms with Gasteiger partial charge in [-0.05, 0) is 17.4 Å². The summed E-state index contributed by atoms with van der Waals surface area (Å²) in [7, 11) is 0. The third-order valence-electron chi connectivity index (χ3n) is 3.41. The molecule has 2 rings (SSSR count). The molecule has 0 saturated carbocycles. The van der Waals surface area contributed by atoms with E-state index in [9.17, 15) is 18.0 Å². The number of hydrogen-bond acceptors (Lipinski definition) is 2. The molecule has 0 aliphatic heterocycles. The normalized spacial score (nSPS) is 11.8. The van der Waals surface area contributed by atoms with Crippen molar-refractivity contribution in [2.45, 2.75) is 20.0 Å². The highest BCUT2D eigenvalue weighted by molar-refractivity contribution is 5.88. The van der Waals surface area contributed by atoms with E-state index in [2.05, 4.69) is 0 Å². The van der Waals surface area contributed by atoms with Crippen molar-refractivity contribution in [3.05, 3.63) is 42.5 Å². The summed E-state index contributed by atoms with van der Waals surface area (Å²) in [5.74, 6) is -0.249. The van der Waals surface area contributed by atoms with Gasteiger partial charge in [-0.25, -0.2) is 0 Å². The molecule has 0 aliphatic carbocycles. The summed E-state index contributed by atoms with van der Waals surface area (Å²) in [5.41, 5.74) is 0. The molecule has 24 heavy (non-hydrogen) atoms. The molecule has 0 heterocycles. The summed E-state index contributed by atoms with van der Waals surface area (Å²) in [6.07, 6.45) is -4.43. The summed E-state index contributed by atoms with van der Waals surface area (Å²) in [5, 5.41) is 1.76. The molecule has 0 atom stereocenters. The molecule has 0 saturated heterocycles. The van der Waals surface area contributed by atoms with Crippen molar-refractivity contribution in [1.29, 1.82) is 0 Å². The third kappa shape index (κ3) is 5.15. The highest BCUT2D eigenvalue weighted by Gasteiger charge is 2.33. The molecule has 6 heteroatoms. The Morgan fingerprint density at radius 3 is 2.46 bits per heavy atom. The van der Waals surface area contributed by atoms with Crippen molar-refractivity contribution in [2.75, 3.05) is 19.7 Å². The number of alkyl halides is 3. The van der Waals surface area contributed by atoms with Crippen molar-refractivity contribution in [1.82, 2.24) is 4.90 Å². The summed E-state index contributed by atoms with van der Waals surface area (Å²) >= 11 is 0. The quantitative estimate of drug-likeness (QED) is 0.787. The topological polar surface area (TPSA) is 29.5 Å². The molecule has 3 nitrogen and oxygen atoms in total. The molecular weight excluding hydrogens is 319 g/mol. The van der Waals surface area contributed by atoms with E-state index in [-0.39, 0.29) is 12.5 Å². The zero-order valence-electron chi connectivity index (χ0n) is 13.6. The van der Waals surface area contributed by atoms with Gasteiger partial charge in [0.25, 0.3) is 5.91 Å². The molecule has 0 radical (unpaired) electrons. The maximum Gasteiger partial charge on any atom is 0.406 e. The Kier molecular flexibility index (Phi) is 5.70. The number of rotatable bonds is 6. The molecule has 130 valence electrons. The van der Waals surface area contributed by atoms with Gasteiger partial charge in [0, 0.05) is 11.9 Å². The Bertz CT molecular complexity index is 693. The number of halogens is 3. The SMILES string of the molecule is CC(C)CN(CC(F)(F)F)C(=O)COc1cccc2ccccc12. The van der Waals surface area contributed by atoms with Gasteiger partial charge in [0.2, 0.25) is 0 Å². The van der Waals surface area contributed by atoms with Gasteiger partial charge in [-0.3, -0.25) is 4.79 Å². The monoisotopic (exact) mass is 339 g/mol. The summed E-state index contributed by atoms with van der Waals surface area (Å²) in [4.78, 5) is 13.0. The first-order valence-electron chi connectivity index (χ1n) is 7.71. The van der Waals surface area contributed by atoms with E-state index in [1.54, 1.807) is 26.0 Å². The average molecular weight is 339 g/mol. The summed E-state index contributed by atoms with van der Waals surface area (Å²) in [6.45, 7) is 1.89. The van der Waals surface area contributed by atoms with Gasteiger partial charge < -0.3 is 9.64 Å². The number of carbonyl (C=O) groups is 1. The molecule has 0 bridgehead atoms. The Hall–Kier alpha value is -2.24. The molecule has 0 N–H and O–H groups in total. The summed E-state index contributed by atoms with van der Waals surface area (Å²) in [6, 6.07) is 12.8. The fourth-order valence-electron chi connectivity index (χ4n) is 2.46. The van der Waals surface area contributed by atoms with Crippen LogP contribution in [-0.2, 0) is 4.79 Å². The number of hydrogen-bond donors (Lipinski definition) is 0. The van der Waals surface area contributed by atoms with Crippen LogP contribution in [0.5, 0.6) is 5.75 Å². The fourth-order valence-corrected chi connectivity index (χ4v) is 2.46. The van der Waals surface area contributed by atoms with Crippen molar-refractivity contribution < 1.29 is 22.7 Å². The number of amides is 1. The van der Waals surface area contributed by atoms with Crippen LogP contribution in [0.3, 0.4) is 0 Å². The summed E-state index contributed by atoms with van der Waals surface area (Å²) < 4.78 is 43.5. The Morgan fingerprint density at radius 1 is 1.12 bits per heavy atom. The minimum absolute atomic E-state index is 0.0389. The van der Waals surface area contributed by atoms with Crippen LogP contribution in [0.25, 0.3) is 10.8 Å². The van der Waals surface area contributed by atoms with E-state index in [0.717, 1.165) is 15.7 Å². The van der Waals surface area contributed by atoms with Crippen LogP contribution in [0.15, 0.2) is 42.5 Å². The molecular formula is C18H20F3NO2. The van der Waals surface area contributed by atoms with Crippen LogP contribution in [0.2, 0.25) is 0 Å². The zero-order chi connectivity index (χ0) is 17.7. The van der Waals surface area contributed by atoms with E-state index < -0.39 is 25.2 Å². The van der Waals surface area contributed by atoms with E-state index in [0.29, 0.717) is 5.75 Å². The number of benzene rings is 2. The third-order valence-corrected chi connectivity index (χ3v) is 3.41. The van der Waals surface area contributed by atoms with E-state index in [4.69, 9.17) is 4.74 Å². The van der Waals surface area contributed by atoms with Crippen LogP contribution in [0.1, 0.15) is 13.8 Å². The lowest BCUT2D eigenvalue weighted by Gasteiger charge is -2.25. The minimum atomic E-state index is -4.43. The van der Waals surface area contributed by atoms with Crippen molar-refractivity contribution in [2.24, 2.45) is 5.92 Å². The maximum absolute atomic E-state index is 12.7. The van der Waals surface area contributed by atoms with E-state index in [1.807, 2.05) is 30.3 Å². The average Bonchev–Trinajstić information content (AvgIpc) is 2.50. The molecule has 0 aromatic heterocycles. The lowest BCUT2D eigenvalue weighted by Crippen LogP contribution is -2.43. The number of fused-ring (bicyclic) bond motifs is 1. The molecule has 0 fully saturated rings. The predicted octanol–water partition coefficient (Wildman–Crippen LogP) is 4.27. The predicted molar refractivity (Wildman–Crippen MR) is 86.9 cm³/mol. The molecule has 2 aromatic carbocycles. The molecule has 0 unspecified atom stereocenters. The zero-order valence-corrected chi connectivity index (χ0v) is 13.6. The highest BCUT2D eigenvalue weighted by atomic mass is 19.4. The van der Waals surface area contributed by atoms with Crippen molar-refractivity contribution in [3.63, 3.8) is 0 Å². The Balaban J connectivity index is 2.09. The van der Waals surface area contributed by atoms with Gasteiger partial charge in [0.05, 0.1) is 0 Å². The van der Waals surface area contributed by atoms with E-state index >= 15 is 0 Å². The molecule has 2 aromatic rings. The number of nitrogens with zero attached hydrogens (tertiary/aromatic N) is 1. The van der Waals surface area contributed by atoms with Crippen LogP contribution in [0, 0.1) is 5.92 Å². The van der Waals surface area contributed by atoms with Gasteiger partial charge in [-0.1, -0.05) is 50.2 Å². The fraction of sp³-hybridized carbons (Fsp3) is 0.389. The highest BCUT2D eigenvalue weighted by Crippen LogP contribution is 2.25. The second-order valence-corrected chi connectivity index (χ2v) is 6.05.